The van der Waals surface area contributed by atoms with Crippen LogP contribution in [0.3, 0.4) is 0 Å². The van der Waals surface area contributed by atoms with Crippen molar-refractivity contribution in [1.82, 2.24) is 19.5 Å². The Hall–Kier alpha value is -1.36. The molecule has 0 aromatic carbocycles. The van der Waals surface area contributed by atoms with E-state index in [9.17, 15) is 0 Å². The highest BCUT2D eigenvalue weighted by Gasteiger charge is 2.15. The Morgan fingerprint density at radius 1 is 1.35 bits per heavy atom. The highest BCUT2D eigenvalue weighted by atomic mass is 35.5. The summed E-state index contributed by atoms with van der Waals surface area (Å²) in [5.74, 6) is 2.72. The number of hydrogen-bond acceptors (Lipinski definition) is 4. The summed E-state index contributed by atoms with van der Waals surface area (Å²) >= 11 is 5.87. The smallest absolute Gasteiger partial charge is 0.245 e. The number of imidazole rings is 1. The molecule has 0 N–H and O–H groups in total. The van der Waals surface area contributed by atoms with E-state index in [1.54, 1.807) is 7.11 Å². The molecular formula is C14H21ClN4O. The number of halogens is 1. The number of alkyl halides is 1. The first-order chi connectivity index (χ1) is 9.67. The molecule has 0 saturated carbocycles. The van der Waals surface area contributed by atoms with Crippen LogP contribution in [0.1, 0.15) is 32.5 Å². The fourth-order valence-electron chi connectivity index (χ4n) is 2.28. The Bertz CT molecular complexity index is 568. The molecule has 0 unspecified atom stereocenters. The van der Waals surface area contributed by atoms with Crippen LogP contribution in [0.15, 0.2) is 6.33 Å². The Balaban J connectivity index is 2.35. The average Bonchev–Trinajstić information content (AvgIpc) is 2.77. The number of ether oxygens (including phenoxy) is 1. The molecule has 2 heterocycles. The molecule has 2 aromatic heterocycles. The summed E-state index contributed by atoms with van der Waals surface area (Å²) in [7, 11) is 1.60. The van der Waals surface area contributed by atoms with Gasteiger partial charge in [0.1, 0.15) is 12.2 Å². The van der Waals surface area contributed by atoms with E-state index in [1.165, 1.54) is 12.7 Å². The van der Waals surface area contributed by atoms with Crippen LogP contribution >= 0.6 is 11.6 Å². The molecule has 6 heteroatoms. The van der Waals surface area contributed by atoms with Crippen molar-refractivity contribution in [3.05, 3.63) is 12.2 Å². The van der Waals surface area contributed by atoms with Crippen LogP contribution in [0.2, 0.25) is 0 Å². The molecule has 20 heavy (non-hydrogen) atoms. The lowest BCUT2D eigenvalue weighted by Crippen LogP contribution is -2.06. The third-order valence-corrected chi connectivity index (χ3v) is 3.44. The van der Waals surface area contributed by atoms with Crippen molar-refractivity contribution < 1.29 is 4.74 Å². The van der Waals surface area contributed by atoms with Crippen LogP contribution in [0.25, 0.3) is 11.2 Å². The van der Waals surface area contributed by atoms with E-state index < -0.39 is 0 Å². The summed E-state index contributed by atoms with van der Waals surface area (Å²) in [6.07, 6.45) is 4.53. The first-order valence-corrected chi connectivity index (χ1v) is 7.50. The molecule has 0 spiro atoms. The van der Waals surface area contributed by atoms with E-state index in [2.05, 4.69) is 33.4 Å². The summed E-state index contributed by atoms with van der Waals surface area (Å²) in [6.45, 7) is 5.37. The van der Waals surface area contributed by atoms with E-state index in [0.29, 0.717) is 17.7 Å². The fourth-order valence-corrected chi connectivity index (χ4v) is 2.45. The topological polar surface area (TPSA) is 52.8 Å². The number of aryl methyl sites for hydroxylation is 2. The van der Waals surface area contributed by atoms with Crippen molar-refractivity contribution in [1.29, 1.82) is 0 Å². The van der Waals surface area contributed by atoms with Crippen LogP contribution in [0.5, 0.6) is 5.88 Å². The van der Waals surface area contributed by atoms with Crippen molar-refractivity contribution in [2.24, 2.45) is 5.92 Å². The van der Waals surface area contributed by atoms with Gasteiger partial charge < -0.3 is 9.30 Å². The standard InChI is InChI=1S/C14H21ClN4O/c1-10(2)5-4-8-19-11(6-7-15)18-12-13(19)16-9-17-14(12)20-3/h9-10H,4-8H2,1-3H3. The summed E-state index contributed by atoms with van der Waals surface area (Å²) < 4.78 is 7.40. The third kappa shape index (κ3) is 3.20. The Morgan fingerprint density at radius 3 is 2.80 bits per heavy atom. The lowest BCUT2D eigenvalue weighted by molar-refractivity contribution is 0.401. The molecule has 0 atom stereocenters. The molecule has 0 radical (unpaired) electrons. The van der Waals surface area contributed by atoms with E-state index in [-0.39, 0.29) is 0 Å². The van der Waals surface area contributed by atoms with Crippen LogP contribution in [-0.2, 0) is 13.0 Å². The average molecular weight is 297 g/mol. The molecule has 0 aliphatic heterocycles. The molecule has 0 saturated heterocycles. The van der Waals surface area contributed by atoms with Crippen LogP contribution in [0, 0.1) is 5.92 Å². The van der Waals surface area contributed by atoms with Gasteiger partial charge >= 0.3 is 0 Å². The predicted octanol–water partition coefficient (Wildman–Crippen LogP) is 3.05. The van der Waals surface area contributed by atoms with Crippen LogP contribution in [0.4, 0.5) is 0 Å². The molecule has 0 bridgehead atoms. The number of methoxy groups -OCH3 is 1. The fraction of sp³-hybridized carbons (Fsp3) is 0.643. The van der Waals surface area contributed by atoms with Crippen molar-refractivity contribution >= 4 is 22.8 Å². The minimum atomic E-state index is 0.522. The maximum Gasteiger partial charge on any atom is 0.245 e. The normalized spacial score (nSPS) is 11.4. The monoisotopic (exact) mass is 296 g/mol. The lowest BCUT2D eigenvalue weighted by atomic mass is 10.1. The highest BCUT2D eigenvalue weighted by Crippen LogP contribution is 2.22. The molecule has 110 valence electrons. The quantitative estimate of drug-likeness (QED) is 0.737. The predicted molar refractivity (Wildman–Crippen MR) is 80.4 cm³/mol. The van der Waals surface area contributed by atoms with E-state index in [0.717, 1.165) is 36.4 Å². The van der Waals surface area contributed by atoms with E-state index in [1.807, 2.05) is 0 Å². The van der Waals surface area contributed by atoms with Gasteiger partial charge in [0.05, 0.1) is 7.11 Å². The Kier molecular flexibility index (Phi) is 5.17. The number of fused-ring (bicyclic) bond motifs is 1. The summed E-state index contributed by atoms with van der Waals surface area (Å²) in [4.78, 5) is 13.1. The first-order valence-electron chi connectivity index (χ1n) is 6.97. The molecule has 0 fully saturated rings. The van der Waals surface area contributed by atoms with Crippen molar-refractivity contribution in [3.63, 3.8) is 0 Å². The molecule has 0 aliphatic rings. The van der Waals surface area contributed by atoms with Gasteiger partial charge in [0.25, 0.3) is 0 Å². The maximum atomic E-state index is 5.87. The number of aromatic nitrogens is 4. The van der Waals surface area contributed by atoms with Crippen molar-refractivity contribution in [2.75, 3.05) is 13.0 Å². The Labute approximate surface area is 124 Å². The van der Waals surface area contributed by atoms with Gasteiger partial charge in [0.15, 0.2) is 11.2 Å². The third-order valence-electron chi connectivity index (χ3n) is 3.25. The maximum absolute atomic E-state index is 5.87. The Morgan fingerprint density at radius 2 is 2.15 bits per heavy atom. The summed E-state index contributed by atoms with van der Waals surface area (Å²) in [5, 5.41) is 0. The zero-order valence-corrected chi connectivity index (χ0v) is 13.0. The molecule has 0 aliphatic carbocycles. The second-order valence-electron chi connectivity index (χ2n) is 5.21. The largest absolute Gasteiger partial charge is 0.479 e. The first kappa shape index (κ1) is 15.0. The molecule has 2 aromatic rings. The minimum absolute atomic E-state index is 0.522. The van der Waals surface area contributed by atoms with Crippen molar-refractivity contribution in [2.45, 2.75) is 39.7 Å². The zero-order valence-electron chi connectivity index (χ0n) is 12.3. The van der Waals surface area contributed by atoms with Crippen LogP contribution < -0.4 is 4.74 Å². The lowest BCUT2D eigenvalue weighted by Gasteiger charge is -2.09. The van der Waals surface area contributed by atoms with E-state index >= 15 is 0 Å². The number of rotatable bonds is 7. The van der Waals surface area contributed by atoms with Crippen molar-refractivity contribution in [3.8, 4) is 5.88 Å². The van der Waals surface area contributed by atoms with Gasteiger partial charge in [0.2, 0.25) is 5.88 Å². The minimum Gasteiger partial charge on any atom is -0.479 e. The highest BCUT2D eigenvalue weighted by molar-refractivity contribution is 6.17. The molecule has 2 rings (SSSR count). The molecule has 5 nitrogen and oxygen atoms in total. The second-order valence-corrected chi connectivity index (χ2v) is 5.59. The number of nitrogens with zero attached hydrogens (tertiary/aromatic N) is 4. The molecule has 0 amide bonds. The SMILES string of the molecule is COc1ncnc2c1nc(CCCl)n2CCCC(C)C. The number of hydrogen-bond donors (Lipinski definition) is 0. The molecular weight excluding hydrogens is 276 g/mol. The van der Waals surface area contributed by atoms with Gasteiger partial charge in [-0.2, -0.15) is 4.98 Å². The van der Waals surface area contributed by atoms with Gasteiger partial charge in [0, 0.05) is 18.8 Å². The summed E-state index contributed by atoms with van der Waals surface area (Å²) in [5.41, 5.74) is 1.56. The van der Waals surface area contributed by atoms with Gasteiger partial charge in [-0.05, 0) is 18.8 Å². The van der Waals surface area contributed by atoms with Gasteiger partial charge in [-0.1, -0.05) is 13.8 Å². The van der Waals surface area contributed by atoms with Gasteiger partial charge in [-0.25, -0.2) is 9.97 Å². The van der Waals surface area contributed by atoms with E-state index in [4.69, 9.17) is 16.3 Å². The summed E-state index contributed by atoms with van der Waals surface area (Å²) in [6, 6.07) is 0. The zero-order chi connectivity index (χ0) is 14.5. The van der Waals surface area contributed by atoms with Gasteiger partial charge in [-0.15, -0.1) is 11.6 Å². The van der Waals surface area contributed by atoms with Gasteiger partial charge in [-0.3, -0.25) is 0 Å². The van der Waals surface area contributed by atoms with Crippen LogP contribution in [-0.4, -0.2) is 32.5 Å². The second kappa shape index (κ2) is 6.88.